The number of piperidine rings is 1. The maximum Gasteiger partial charge on any atom is 0.410 e. The Morgan fingerprint density at radius 3 is 2.48 bits per heavy atom. The molecule has 1 N–H and O–H groups in total. The Hall–Kier alpha value is -1.46. The maximum absolute atomic E-state index is 12.0. The molecule has 6 nitrogen and oxygen atoms in total. The summed E-state index contributed by atoms with van der Waals surface area (Å²) < 4.78 is 10.5. The molecule has 21 heavy (non-hydrogen) atoms. The summed E-state index contributed by atoms with van der Waals surface area (Å²) in [6.45, 7) is 10.3. The molecule has 2 aliphatic rings. The quantitative estimate of drug-likeness (QED) is 0.807. The summed E-state index contributed by atoms with van der Waals surface area (Å²) in [5, 5.41) is 2.77. The molecule has 2 rings (SSSR count). The molecule has 2 saturated heterocycles. The molecule has 0 aromatic rings. The summed E-state index contributed by atoms with van der Waals surface area (Å²) in [4.78, 5) is 24.9. The van der Waals surface area contributed by atoms with Crippen molar-refractivity contribution >= 4 is 12.2 Å². The SMILES string of the molecule is CC(C)(C)OC(=O)N1CCC(C2(C)CNC(=O)OC2)CC1. The van der Waals surface area contributed by atoms with Crippen LogP contribution in [0, 0.1) is 11.3 Å². The zero-order chi connectivity index (χ0) is 15.7. The van der Waals surface area contributed by atoms with Crippen LogP contribution in [-0.4, -0.2) is 48.9 Å². The Kier molecular flexibility index (Phi) is 4.35. The second-order valence-electron chi connectivity index (χ2n) is 7.33. The van der Waals surface area contributed by atoms with E-state index in [0.29, 0.717) is 32.2 Å². The third kappa shape index (κ3) is 4.02. The minimum absolute atomic E-state index is 0.0477. The summed E-state index contributed by atoms with van der Waals surface area (Å²) in [7, 11) is 0. The number of alkyl carbamates (subject to hydrolysis) is 1. The van der Waals surface area contributed by atoms with Gasteiger partial charge in [0.25, 0.3) is 0 Å². The fourth-order valence-corrected chi connectivity index (χ4v) is 2.95. The van der Waals surface area contributed by atoms with Crippen molar-refractivity contribution in [2.45, 2.75) is 46.1 Å². The Labute approximate surface area is 126 Å². The minimum atomic E-state index is -0.457. The van der Waals surface area contributed by atoms with E-state index in [-0.39, 0.29) is 17.6 Å². The number of carbonyl (C=O) groups excluding carboxylic acids is 2. The zero-order valence-electron chi connectivity index (χ0n) is 13.4. The second-order valence-corrected chi connectivity index (χ2v) is 7.33. The molecule has 0 aromatic heterocycles. The van der Waals surface area contributed by atoms with Crippen molar-refractivity contribution in [3.63, 3.8) is 0 Å². The monoisotopic (exact) mass is 298 g/mol. The van der Waals surface area contributed by atoms with Crippen molar-refractivity contribution in [2.75, 3.05) is 26.2 Å². The normalized spacial score (nSPS) is 27.8. The number of carbonyl (C=O) groups is 2. The van der Waals surface area contributed by atoms with E-state index in [2.05, 4.69) is 12.2 Å². The van der Waals surface area contributed by atoms with Crippen molar-refractivity contribution in [2.24, 2.45) is 11.3 Å². The van der Waals surface area contributed by atoms with Gasteiger partial charge in [0.05, 0.1) is 0 Å². The van der Waals surface area contributed by atoms with Gasteiger partial charge >= 0.3 is 12.2 Å². The first kappa shape index (κ1) is 15.9. The predicted octanol–water partition coefficient (Wildman–Crippen LogP) is 2.38. The van der Waals surface area contributed by atoms with Gasteiger partial charge in [-0.15, -0.1) is 0 Å². The second kappa shape index (κ2) is 5.73. The Bertz CT molecular complexity index is 398. The first-order chi connectivity index (χ1) is 9.70. The number of rotatable bonds is 1. The standard InChI is InChI=1S/C15H26N2O4/c1-14(2,3)21-13(19)17-7-5-11(6-8-17)15(4)9-16-12(18)20-10-15/h11H,5-10H2,1-4H3,(H,16,18). The van der Waals surface area contributed by atoms with Gasteiger partial charge in [0.1, 0.15) is 12.2 Å². The van der Waals surface area contributed by atoms with Gasteiger partial charge in [-0.1, -0.05) is 6.92 Å². The van der Waals surface area contributed by atoms with Gasteiger partial charge in [0.15, 0.2) is 0 Å². The number of likely N-dealkylation sites (tertiary alicyclic amines) is 1. The lowest BCUT2D eigenvalue weighted by atomic mass is 9.72. The topological polar surface area (TPSA) is 67.9 Å². The van der Waals surface area contributed by atoms with Crippen molar-refractivity contribution < 1.29 is 19.1 Å². The van der Waals surface area contributed by atoms with Crippen LogP contribution in [0.4, 0.5) is 9.59 Å². The lowest BCUT2D eigenvalue weighted by Crippen LogP contribution is -2.52. The molecule has 1 atom stereocenters. The van der Waals surface area contributed by atoms with E-state index in [1.807, 2.05) is 20.8 Å². The number of nitrogens with one attached hydrogen (secondary N) is 1. The summed E-state index contributed by atoms with van der Waals surface area (Å²) in [6.07, 6.45) is 1.25. The van der Waals surface area contributed by atoms with Crippen LogP contribution in [0.1, 0.15) is 40.5 Å². The van der Waals surface area contributed by atoms with E-state index < -0.39 is 5.60 Å². The summed E-state index contributed by atoms with van der Waals surface area (Å²) in [6, 6.07) is 0. The van der Waals surface area contributed by atoms with E-state index in [9.17, 15) is 9.59 Å². The molecule has 1 unspecified atom stereocenters. The first-order valence-corrected chi connectivity index (χ1v) is 7.58. The summed E-state index contributed by atoms with van der Waals surface area (Å²) in [5.74, 6) is 0.441. The van der Waals surface area contributed by atoms with Crippen LogP contribution in [0.2, 0.25) is 0 Å². The number of ether oxygens (including phenoxy) is 2. The highest BCUT2D eigenvalue weighted by molar-refractivity contribution is 5.68. The molecular formula is C15H26N2O4. The van der Waals surface area contributed by atoms with E-state index in [1.165, 1.54) is 0 Å². The number of nitrogens with zero attached hydrogens (tertiary/aromatic N) is 1. The molecule has 0 saturated carbocycles. The fourth-order valence-electron chi connectivity index (χ4n) is 2.95. The van der Waals surface area contributed by atoms with Crippen molar-refractivity contribution in [1.29, 1.82) is 0 Å². The maximum atomic E-state index is 12.0. The molecule has 6 heteroatoms. The van der Waals surface area contributed by atoms with Crippen LogP contribution in [0.15, 0.2) is 0 Å². The van der Waals surface area contributed by atoms with Gasteiger partial charge in [-0.2, -0.15) is 0 Å². The fraction of sp³-hybridized carbons (Fsp3) is 0.867. The van der Waals surface area contributed by atoms with Crippen LogP contribution in [0.3, 0.4) is 0 Å². The van der Waals surface area contributed by atoms with Crippen molar-refractivity contribution in [1.82, 2.24) is 10.2 Å². The van der Waals surface area contributed by atoms with Crippen LogP contribution in [0.25, 0.3) is 0 Å². The molecule has 0 aliphatic carbocycles. The van der Waals surface area contributed by atoms with Gasteiger partial charge in [-0.05, 0) is 39.5 Å². The van der Waals surface area contributed by atoms with Crippen LogP contribution >= 0.6 is 0 Å². The molecule has 0 bridgehead atoms. The van der Waals surface area contributed by atoms with Crippen LogP contribution < -0.4 is 5.32 Å². The number of amides is 2. The molecule has 2 amide bonds. The van der Waals surface area contributed by atoms with Crippen LogP contribution in [0.5, 0.6) is 0 Å². The number of hydrogen-bond acceptors (Lipinski definition) is 4. The van der Waals surface area contributed by atoms with Gasteiger partial charge in [-0.3, -0.25) is 0 Å². The molecule has 2 fully saturated rings. The number of hydrogen-bond donors (Lipinski definition) is 1. The number of cyclic esters (lactones) is 1. The molecule has 0 radical (unpaired) electrons. The van der Waals surface area contributed by atoms with E-state index in [4.69, 9.17) is 9.47 Å². The molecular weight excluding hydrogens is 272 g/mol. The average molecular weight is 298 g/mol. The van der Waals surface area contributed by atoms with E-state index in [1.54, 1.807) is 4.90 Å². The molecule has 120 valence electrons. The van der Waals surface area contributed by atoms with Gasteiger partial charge in [0, 0.05) is 25.0 Å². The molecule has 2 heterocycles. The molecule has 2 aliphatic heterocycles. The van der Waals surface area contributed by atoms with Crippen molar-refractivity contribution in [3.8, 4) is 0 Å². The largest absolute Gasteiger partial charge is 0.449 e. The van der Waals surface area contributed by atoms with Crippen LogP contribution in [-0.2, 0) is 9.47 Å². The smallest absolute Gasteiger partial charge is 0.410 e. The lowest BCUT2D eigenvalue weighted by Gasteiger charge is -2.44. The lowest BCUT2D eigenvalue weighted by molar-refractivity contribution is -0.0113. The summed E-state index contributed by atoms with van der Waals surface area (Å²) >= 11 is 0. The van der Waals surface area contributed by atoms with E-state index >= 15 is 0 Å². The predicted molar refractivity (Wildman–Crippen MR) is 78.0 cm³/mol. The first-order valence-electron chi connectivity index (χ1n) is 7.58. The van der Waals surface area contributed by atoms with Gasteiger partial charge in [0.2, 0.25) is 0 Å². The zero-order valence-corrected chi connectivity index (χ0v) is 13.4. The Balaban J connectivity index is 1.85. The molecule has 0 aromatic carbocycles. The highest BCUT2D eigenvalue weighted by Crippen LogP contribution is 2.36. The minimum Gasteiger partial charge on any atom is -0.449 e. The van der Waals surface area contributed by atoms with E-state index in [0.717, 1.165) is 12.8 Å². The Morgan fingerprint density at radius 2 is 2.00 bits per heavy atom. The molecule has 0 spiro atoms. The summed E-state index contributed by atoms with van der Waals surface area (Å²) in [5.41, 5.74) is -0.505. The third-order valence-electron chi connectivity index (χ3n) is 4.30. The highest BCUT2D eigenvalue weighted by Gasteiger charge is 2.41. The third-order valence-corrected chi connectivity index (χ3v) is 4.30. The van der Waals surface area contributed by atoms with Gasteiger partial charge < -0.3 is 19.7 Å². The Morgan fingerprint density at radius 1 is 1.38 bits per heavy atom. The highest BCUT2D eigenvalue weighted by atomic mass is 16.6. The average Bonchev–Trinajstić information content (AvgIpc) is 2.41. The van der Waals surface area contributed by atoms with Crippen molar-refractivity contribution in [3.05, 3.63) is 0 Å². The van der Waals surface area contributed by atoms with Gasteiger partial charge in [-0.25, -0.2) is 9.59 Å².